The quantitative estimate of drug-likeness (QED) is 0.843. The zero-order valence-electron chi connectivity index (χ0n) is 13.6. The summed E-state index contributed by atoms with van der Waals surface area (Å²) in [5.41, 5.74) is 1.36. The van der Waals surface area contributed by atoms with E-state index >= 15 is 0 Å². The van der Waals surface area contributed by atoms with Gasteiger partial charge >= 0.3 is 6.09 Å². The Morgan fingerprint density at radius 2 is 1.74 bits per heavy atom. The molecule has 0 aromatic heterocycles. The highest BCUT2D eigenvalue weighted by atomic mass is 16.5. The van der Waals surface area contributed by atoms with Gasteiger partial charge < -0.3 is 9.64 Å². The maximum absolute atomic E-state index is 12.8. The average molecular weight is 316 g/mol. The molecule has 3 rings (SSSR count). The van der Waals surface area contributed by atoms with Gasteiger partial charge in [0, 0.05) is 19.6 Å². The van der Waals surface area contributed by atoms with E-state index in [1.165, 1.54) is 12.7 Å². The van der Waals surface area contributed by atoms with Gasteiger partial charge in [-0.25, -0.2) is 4.79 Å². The number of likely N-dealkylation sites (tertiary alicyclic amines) is 2. The van der Waals surface area contributed by atoms with Crippen LogP contribution >= 0.6 is 0 Å². The lowest BCUT2D eigenvalue weighted by Crippen LogP contribution is -2.49. The molecule has 1 atom stereocenters. The highest BCUT2D eigenvalue weighted by molar-refractivity contribution is 5.86. The van der Waals surface area contributed by atoms with Crippen molar-refractivity contribution in [1.29, 1.82) is 0 Å². The number of ether oxygens (including phenoxy) is 1. The van der Waals surface area contributed by atoms with E-state index in [4.69, 9.17) is 4.74 Å². The van der Waals surface area contributed by atoms with Crippen molar-refractivity contribution in [3.63, 3.8) is 0 Å². The van der Waals surface area contributed by atoms with Gasteiger partial charge in [-0.1, -0.05) is 30.3 Å². The standard InChI is InChI=1S/C18H24N2O3/c1-23-18(22)20-11-5-8-16(20)17(21)19-12-9-15(10-13-19)14-6-3-2-4-7-14/h2-4,6-7,15-16H,5,8-13H2,1H3. The largest absolute Gasteiger partial charge is 0.453 e. The summed E-state index contributed by atoms with van der Waals surface area (Å²) in [6.07, 6.45) is 3.19. The monoisotopic (exact) mass is 316 g/mol. The molecule has 0 saturated carbocycles. The summed E-state index contributed by atoms with van der Waals surface area (Å²) in [5, 5.41) is 0. The van der Waals surface area contributed by atoms with Crippen LogP contribution in [0.5, 0.6) is 0 Å². The SMILES string of the molecule is COC(=O)N1CCCC1C(=O)N1CCC(c2ccccc2)CC1. The summed E-state index contributed by atoms with van der Waals surface area (Å²) in [6.45, 7) is 2.15. The third kappa shape index (κ3) is 3.33. The van der Waals surface area contributed by atoms with Gasteiger partial charge in [0.15, 0.2) is 0 Å². The summed E-state index contributed by atoms with van der Waals surface area (Å²) in [6, 6.07) is 10.2. The van der Waals surface area contributed by atoms with E-state index in [1.54, 1.807) is 4.90 Å². The summed E-state index contributed by atoms with van der Waals surface area (Å²) < 4.78 is 4.79. The lowest BCUT2D eigenvalue weighted by Gasteiger charge is -2.35. The summed E-state index contributed by atoms with van der Waals surface area (Å²) >= 11 is 0. The second-order valence-corrected chi connectivity index (χ2v) is 6.33. The molecule has 2 amide bonds. The van der Waals surface area contributed by atoms with E-state index in [-0.39, 0.29) is 18.0 Å². The molecule has 2 aliphatic heterocycles. The molecule has 0 spiro atoms. The van der Waals surface area contributed by atoms with Crippen LogP contribution in [-0.2, 0) is 9.53 Å². The molecule has 5 heteroatoms. The van der Waals surface area contributed by atoms with Crippen LogP contribution in [0.3, 0.4) is 0 Å². The Labute approximate surface area is 137 Å². The minimum atomic E-state index is -0.389. The third-order valence-electron chi connectivity index (χ3n) is 5.02. The maximum Gasteiger partial charge on any atom is 0.410 e. The second-order valence-electron chi connectivity index (χ2n) is 6.33. The van der Waals surface area contributed by atoms with Crippen LogP contribution in [0.2, 0.25) is 0 Å². The fraction of sp³-hybridized carbons (Fsp3) is 0.556. The van der Waals surface area contributed by atoms with Crippen molar-refractivity contribution in [3.05, 3.63) is 35.9 Å². The minimum Gasteiger partial charge on any atom is -0.453 e. The molecule has 2 aliphatic rings. The molecule has 1 aromatic rings. The third-order valence-corrected chi connectivity index (χ3v) is 5.02. The van der Waals surface area contributed by atoms with Crippen molar-refractivity contribution in [2.24, 2.45) is 0 Å². The Balaban J connectivity index is 1.59. The first-order valence-electron chi connectivity index (χ1n) is 8.39. The second kappa shape index (κ2) is 7.02. The Hall–Kier alpha value is -2.04. The molecule has 1 aromatic carbocycles. The molecule has 2 heterocycles. The van der Waals surface area contributed by atoms with Gasteiger partial charge in [0.05, 0.1) is 7.11 Å². The van der Waals surface area contributed by atoms with E-state index in [9.17, 15) is 9.59 Å². The van der Waals surface area contributed by atoms with E-state index < -0.39 is 0 Å². The van der Waals surface area contributed by atoms with Crippen molar-refractivity contribution in [3.8, 4) is 0 Å². The predicted octanol–water partition coefficient (Wildman–Crippen LogP) is 2.62. The number of hydrogen-bond acceptors (Lipinski definition) is 3. The van der Waals surface area contributed by atoms with Crippen molar-refractivity contribution in [2.75, 3.05) is 26.7 Å². The normalized spacial score (nSPS) is 22.2. The number of carbonyl (C=O) groups excluding carboxylic acids is 2. The predicted molar refractivity (Wildman–Crippen MR) is 87.1 cm³/mol. The first kappa shape index (κ1) is 15.8. The lowest BCUT2D eigenvalue weighted by molar-refractivity contribution is -0.136. The number of amides is 2. The van der Waals surface area contributed by atoms with Crippen LogP contribution < -0.4 is 0 Å². The van der Waals surface area contributed by atoms with Gasteiger partial charge in [-0.3, -0.25) is 9.69 Å². The van der Waals surface area contributed by atoms with Crippen molar-refractivity contribution < 1.29 is 14.3 Å². The molecule has 0 N–H and O–H groups in total. The van der Waals surface area contributed by atoms with Crippen LogP contribution in [0.4, 0.5) is 4.79 Å². The summed E-state index contributed by atoms with van der Waals surface area (Å²) in [5.74, 6) is 0.611. The topological polar surface area (TPSA) is 49.9 Å². The Kier molecular flexibility index (Phi) is 4.84. The van der Waals surface area contributed by atoms with Gasteiger partial charge in [0.25, 0.3) is 0 Å². The minimum absolute atomic E-state index is 0.0828. The molecule has 0 radical (unpaired) electrons. The van der Waals surface area contributed by atoms with Crippen molar-refractivity contribution in [1.82, 2.24) is 9.80 Å². The number of rotatable bonds is 2. The number of carbonyl (C=O) groups is 2. The molecule has 5 nitrogen and oxygen atoms in total. The molecule has 2 fully saturated rings. The maximum atomic E-state index is 12.8. The summed E-state index contributed by atoms with van der Waals surface area (Å²) in [4.78, 5) is 28.0. The van der Waals surface area contributed by atoms with Crippen LogP contribution in [0, 0.1) is 0 Å². The molecule has 0 bridgehead atoms. The van der Waals surface area contributed by atoms with Gasteiger partial charge in [0.1, 0.15) is 6.04 Å². The number of piperidine rings is 1. The van der Waals surface area contributed by atoms with Gasteiger partial charge in [-0.05, 0) is 37.2 Å². The molecule has 124 valence electrons. The average Bonchev–Trinajstić information content (AvgIpc) is 3.11. The molecular weight excluding hydrogens is 292 g/mol. The Bertz CT molecular complexity index is 553. The smallest absolute Gasteiger partial charge is 0.410 e. The van der Waals surface area contributed by atoms with E-state index in [1.807, 2.05) is 11.0 Å². The highest BCUT2D eigenvalue weighted by Crippen LogP contribution is 2.29. The molecule has 2 saturated heterocycles. The highest BCUT2D eigenvalue weighted by Gasteiger charge is 2.38. The van der Waals surface area contributed by atoms with E-state index in [0.29, 0.717) is 12.5 Å². The van der Waals surface area contributed by atoms with E-state index in [0.717, 1.165) is 38.8 Å². The van der Waals surface area contributed by atoms with Crippen LogP contribution in [0.25, 0.3) is 0 Å². The molecule has 23 heavy (non-hydrogen) atoms. The Morgan fingerprint density at radius 3 is 2.39 bits per heavy atom. The number of nitrogens with zero attached hydrogens (tertiary/aromatic N) is 2. The first-order valence-corrected chi connectivity index (χ1v) is 8.39. The van der Waals surface area contributed by atoms with Crippen molar-refractivity contribution >= 4 is 12.0 Å². The van der Waals surface area contributed by atoms with E-state index in [2.05, 4.69) is 24.3 Å². The van der Waals surface area contributed by atoms with Gasteiger partial charge in [0.2, 0.25) is 5.91 Å². The van der Waals surface area contributed by atoms with Gasteiger partial charge in [-0.15, -0.1) is 0 Å². The number of methoxy groups -OCH3 is 1. The van der Waals surface area contributed by atoms with Crippen LogP contribution in [0.15, 0.2) is 30.3 Å². The zero-order valence-corrected chi connectivity index (χ0v) is 13.6. The fourth-order valence-corrected chi connectivity index (χ4v) is 3.73. The summed E-state index contributed by atoms with van der Waals surface area (Å²) in [7, 11) is 1.37. The number of hydrogen-bond donors (Lipinski definition) is 0. The molecule has 1 unspecified atom stereocenters. The molecular formula is C18H24N2O3. The number of benzene rings is 1. The lowest BCUT2D eigenvalue weighted by atomic mass is 9.89. The van der Waals surface area contributed by atoms with Crippen LogP contribution in [0.1, 0.15) is 37.2 Å². The molecule has 0 aliphatic carbocycles. The first-order chi connectivity index (χ1) is 11.2. The van der Waals surface area contributed by atoms with Crippen LogP contribution in [-0.4, -0.2) is 54.6 Å². The van der Waals surface area contributed by atoms with Crippen molar-refractivity contribution in [2.45, 2.75) is 37.6 Å². The van der Waals surface area contributed by atoms with Gasteiger partial charge in [-0.2, -0.15) is 0 Å². The zero-order chi connectivity index (χ0) is 16.2. The fourth-order valence-electron chi connectivity index (χ4n) is 3.73. The Morgan fingerprint density at radius 1 is 1.04 bits per heavy atom.